The molecule has 0 fully saturated rings. The molecule has 1 aromatic heterocycles. The summed E-state index contributed by atoms with van der Waals surface area (Å²) < 4.78 is 16.7. The summed E-state index contributed by atoms with van der Waals surface area (Å²) in [7, 11) is 0. The molecular formula is C41H54FN5. The first-order chi connectivity index (χ1) is 22.8. The van der Waals surface area contributed by atoms with Gasteiger partial charge < -0.3 is 10.6 Å². The molecule has 1 aliphatic heterocycles. The van der Waals surface area contributed by atoms with E-state index in [9.17, 15) is 0 Å². The number of aromatic nitrogens is 3. The zero-order chi connectivity index (χ0) is 34.3. The lowest BCUT2D eigenvalue weighted by Crippen LogP contribution is -2.00. The van der Waals surface area contributed by atoms with Gasteiger partial charge in [0.2, 0.25) is 0 Å². The molecule has 0 saturated heterocycles. The molecule has 0 aliphatic carbocycles. The van der Waals surface area contributed by atoms with Crippen LogP contribution in [0.3, 0.4) is 0 Å². The van der Waals surface area contributed by atoms with Crippen molar-refractivity contribution in [1.29, 1.82) is 0 Å². The molecule has 0 saturated carbocycles. The van der Waals surface area contributed by atoms with Gasteiger partial charge in [-0.25, -0.2) is 9.07 Å². The van der Waals surface area contributed by atoms with Crippen LogP contribution in [0, 0.1) is 24.1 Å². The summed E-state index contributed by atoms with van der Waals surface area (Å²) >= 11 is 0. The predicted octanol–water partition coefficient (Wildman–Crippen LogP) is 11.5. The highest BCUT2D eigenvalue weighted by atomic mass is 19.1. The fraction of sp³-hybridized carbons (Fsp3) is 0.415. The summed E-state index contributed by atoms with van der Waals surface area (Å²) in [5, 5.41) is 14.7. The molecule has 0 spiro atoms. The van der Waals surface area contributed by atoms with Crippen molar-refractivity contribution in [2.75, 3.05) is 10.6 Å². The molecular weight excluding hydrogens is 581 g/mol. The standard InChI is InChI=1S/C32H32FN5.C7H16.C2H6/c1-6-23-11-13-25(24(7-2)16-23)12-9-20(3)8-10-21(4)26-17-28(33)32-31(18-26)38(37-36-32)27-14-15-29-30(19-27)35-22(5)34-29;1-3-5-7-6-4-2;1-2/h1,10-11,13-20,34-35H,5,7-9,12H2,2-4H3;3-7H2,1-2H3;1-2H3/b21-10+;;. The van der Waals surface area contributed by atoms with Crippen LogP contribution >= 0.6 is 0 Å². The lowest BCUT2D eigenvalue weighted by Gasteiger charge is -2.13. The van der Waals surface area contributed by atoms with Crippen LogP contribution < -0.4 is 10.6 Å². The molecule has 5 rings (SSSR count). The minimum absolute atomic E-state index is 0.258. The van der Waals surface area contributed by atoms with Crippen LogP contribution in [0.25, 0.3) is 22.3 Å². The van der Waals surface area contributed by atoms with Crippen LogP contribution in [0.15, 0.2) is 67.0 Å². The Morgan fingerprint density at radius 1 is 0.979 bits per heavy atom. The first-order valence-electron chi connectivity index (χ1n) is 17.5. The first kappa shape index (κ1) is 37.1. The van der Waals surface area contributed by atoms with E-state index < -0.39 is 0 Å². The lowest BCUT2D eigenvalue weighted by molar-refractivity contribution is 0.539. The number of anilines is 2. The predicted molar refractivity (Wildman–Crippen MR) is 200 cm³/mol. The number of allylic oxidation sites excluding steroid dienone is 2. The van der Waals surface area contributed by atoms with Gasteiger partial charge >= 0.3 is 0 Å². The number of halogens is 1. The third-order valence-electron chi connectivity index (χ3n) is 8.47. The van der Waals surface area contributed by atoms with Gasteiger partial charge in [-0.2, -0.15) is 0 Å². The van der Waals surface area contributed by atoms with Gasteiger partial charge in [0.05, 0.1) is 22.6 Å². The molecule has 5 nitrogen and oxygen atoms in total. The molecule has 1 aliphatic rings. The van der Waals surface area contributed by atoms with Crippen LogP contribution in [0.5, 0.6) is 0 Å². The maximum absolute atomic E-state index is 15.1. The molecule has 47 heavy (non-hydrogen) atoms. The van der Waals surface area contributed by atoms with Crippen molar-refractivity contribution in [2.45, 2.75) is 106 Å². The Balaban J connectivity index is 0.000000593. The van der Waals surface area contributed by atoms with Gasteiger partial charge in [-0.15, -0.1) is 11.5 Å². The second-order valence-electron chi connectivity index (χ2n) is 12.1. The zero-order valence-corrected chi connectivity index (χ0v) is 29.6. The van der Waals surface area contributed by atoms with Crippen LogP contribution in [0.4, 0.5) is 15.8 Å². The number of nitrogens with zero attached hydrogens (tertiary/aromatic N) is 3. The summed E-state index contributed by atoms with van der Waals surface area (Å²) in [6.07, 6.45) is 18.8. The topological polar surface area (TPSA) is 54.8 Å². The Bertz CT molecular complexity index is 1690. The maximum atomic E-state index is 15.1. The number of hydrogen-bond acceptors (Lipinski definition) is 4. The highest BCUT2D eigenvalue weighted by Gasteiger charge is 2.17. The van der Waals surface area contributed by atoms with E-state index in [1.54, 1.807) is 10.7 Å². The van der Waals surface area contributed by atoms with E-state index in [0.717, 1.165) is 65.3 Å². The minimum Gasteiger partial charge on any atom is -0.341 e. The van der Waals surface area contributed by atoms with Gasteiger partial charge in [0.1, 0.15) is 11.3 Å². The second-order valence-corrected chi connectivity index (χ2v) is 12.1. The van der Waals surface area contributed by atoms with E-state index in [1.807, 2.05) is 51.1 Å². The van der Waals surface area contributed by atoms with Gasteiger partial charge in [0.25, 0.3) is 0 Å². The highest BCUT2D eigenvalue weighted by molar-refractivity contribution is 5.84. The molecule has 1 unspecified atom stereocenters. The van der Waals surface area contributed by atoms with Crippen molar-refractivity contribution in [2.24, 2.45) is 5.92 Å². The van der Waals surface area contributed by atoms with Crippen LogP contribution in [-0.2, 0) is 12.8 Å². The Morgan fingerprint density at radius 2 is 1.70 bits per heavy atom. The molecule has 0 radical (unpaired) electrons. The normalized spacial score (nSPS) is 12.6. The summed E-state index contributed by atoms with van der Waals surface area (Å²) in [6.45, 7) is 18.9. The van der Waals surface area contributed by atoms with E-state index in [1.165, 1.54) is 43.2 Å². The maximum Gasteiger partial charge on any atom is 0.153 e. The van der Waals surface area contributed by atoms with Crippen LogP contribution in [-0.4, -0.2) is 15.0 Å². The zero-order valence-electron chi connectivity index (χ0n) is 29.6. The highest BCUT2D eigenvalue weighted by Crippen LogP contribution is 2.33. The summed E-state index contributed by atoms with van der Waals surface area (Å²) in [5.74, 6) is 3.56. The van der Waals surface area contributed by atoms with Crippen molar-refractivity contribution < 1.29 is 4.39 Å². The third-order valence-corrected chi connectivity index (χ3v) is 8.47. The number of nitrogens with one attached hydrogen (secondary N) is 2. The van der Waals surface area contributed by atoms with Crippen molar-refractivity contribution in [3.05, 3.63) is 95.1 Å². The first-order valence-corrected chi connectivity index (χ1v) is 17.5. The van der Waals surface area contributed by atoms with E-state index in [0.29, 0.717) is 11.4 Å². The third kappa shape index (κ3) is 10.1. The fourth-order valence-electron chi connectivity index (χ4n) is 5.61. The number of unbranched alkanes of at least 4 members (excludes halogenated alkanes) is 4. The van der Waals surface area contributed by atoms with E-state index in [-0.39, 0.29) is 11.3 Å². The van der Waals surface area contributed by atoms with Crippen molar-refractivity contribution >= 4 is 28.0 Å². The molecule has 2 N–H and O–H groups in total. The van der Waals surface area contributed by atoms with Crippen LogP contribution in [0.1, 0.15) is 116 Å². The van der Waals surface area contributed by atoms with Gasteiger partial charge in [0.15, 0.2) is 5.82 Å². The van der Waals surface area contributed by atoms with Crippen LogP contribution in [0.2, 0.25) is 0 Å². The van der Waals surface area contributed by atoms with Gasteiger partial charge in [-0.05, 0) is 103 Å². The number of terminal acetylenes is 1. The SMILES string of the molecule is C#Cc1ccc(CCC(C)C/C=C(\C)c2cc(F)c3nnn(-c4ccc5c(c4)NC(=C)N5)c3c2)c(CC)c1.CC.CCCCCCC. The van der Waals surface area contributed by atoms with Gasteiger partial charge in [0, 0.05) is 5.56 Å². The van der Waals surface area contributed by atoms with Crippen molar-refractivity contribution in [1.82, 2.24) is 15.0 Å². The molecule has 2 heterocycles. The van der Waals surface area contributed by atoms with Crippen molar-refractivity contribution in [3.63, 3.8) is 0 Å². The molecule has 1 atom stereocenters. The Labute approximate surface area is 282 Å². The van der Waals surface area contributed by atoms with Crippen molar-refractivity contribution in [3.8, 4) is 18.0 Å². The molecule has 3 aromatic carbocycles. The molecule has 6 heteroatoms. The lowest BCUT2D eigenvalue weighted by atomic mass is 9.93. The second kappa shape index (κ2) is 18.7. The number of aryl methyl sites for hydroxylation is 2. The summed E-state index contributed by atoms with van der Waals surface area (Å²) in [4.78, 5) is 0. The van der Waals surface area contributed by atoms with E-state index in [4.69, 9.17) is 6.42 Å². The molecule has 0 bridgehead atoms. The Kier molecular flexibility index (Phi) is 14.8. The quantitative estimate of drug-likeness (QED) is 0.120. The largest absolute Gasteiger partial charge is 0.341 e. The van der Waals surface area contributed by atoms with E-state index >= 15 is 4.39 Å². The molecule has 4 aromatic rings. The van der Waals surface area contributed by atoms with Gasteiger partial charge in [-0.3, -0.25) is 0 Å². The Morgan fingerprint density at radius 3 is 2.38 bits per heavy atom. The molecule has 0 amide bonds. The Hall–Kier alpha value is -4.37. The number of fused-ring (bicyclic) bond motifs is 2. The van der Waals surface area contributed by atoms with Gasteiger partial charge in [-0.1, -0.05) is 104 Å². The van der Waals surface area contributed by atoms with E-state index in [2.05, 4.69) is 79.3 Å². The average molecular weight is 636 g/mol. The summed E-state index contributed by atoms with van der Waals surface area (Å²) in [5.41, 5.74) is 9.03. The number of benzene rings is 3. The summed E-state index contributed by atoms with van der Waals surface area (Å²) in [6, 6.07) is 15.7. The fourth-order valence-corrected chi connectivity index (χ4v) is 5.61. The monoisotopic (exact) mass is 635 g/mol. The molecule has 250 valence electrons. The minimum atomic E-state index is -0.374. The number of hydrogen-bond donors (Lipinski definition) is 2. The smallest absolute Gasteiger partial charge is 0.153 e. The number of rotatable bonds is 12. The average Bonchev–Trinajstić information content (AvgIpc) is 3.70.